The average Bonchev–Trinajstić information content (AvgIpc) is 0.859. The van der Waals surface area contributed by atoms with E-state index in [-0.39, 0.29) is 86.2 Å². The van der Waals surface area contributed by atoms with Crippen molar-refractivity contribution >= 4 is 29.6 Å². The second-order valence-corrected chi connectivity index (χ2v) is 28.7. The van der Waals surface area contributed by atoms with Crippen molar-refractivity contribution in [3.8, 4) is 11.5 Å². The van der Waals surface area contributed by atoms with Crippen LogP contribution in [0.5, 0.6) is 11.5 Å². The Morgan fingerprint density at radius 1 is 0.471 bits per heavy atom. The molecule has 0 aromatic heterocycles. The number of carbonyl (C=O) groups is 5. The SMILES string of the molecule is COc1ccc(C(OC[C@@H]2CC(O)CN2C(=O)CCCCCCC(=O)CCCCCCCCOC2OC(COC3OC(COC(=O)c4ccccc4)C(C)C(C)C3C)C(C)C(OC3OC(COC(=O)c4ccccc4)C(C)C(C)C3C)C2OC(C)=O)(c2ccccc2)c2ccc(OC)cc2)cc1. The number of nitrogens with zero attached hydrogens (tertiary/aromatic N) is 1. The van der Waals surface area contributed by atoms with Crippen LogP contribution >= 0.6 is 0 Å². The second-order valence-electron chi connectivity index (χ2n) is 28.7. The van der Waals surface area contributed by atoms with Gasteiger partial charge >= 0.3 is 17.9 Å². The van der Waals surface area contributed by atoms with Gasteiger partial charge in [-0.1, -0.05) is 178 Å². The fourth-order valence-corrected chi connectivity index (χ4v) is 14.8. The molecule has 1 amide bonds. The lowest BCUT2D eigenvalue weighted by atomic mass is 9.79. The third kappa shape index (κ3) is 21.1. The number of esters is 3. The van der Waals surface area contributed by atoms with Gasteiger partial charge in [0.1, 0.15) is 42.2 Å². The predicted molar refractivity (Wildman–Crippen MR) is 385 cm³/mol. The molecule has 0 saturated carbocycles. The van der Waals surface area contributed by atoms with E-state index in [4.69, 9.17) is 56.8 Å². The van der Waals surface area contributed by atoms with Gasteiger partial charge in [0, 0.05) is 57.1 Å². The van der Waals surface area contributed by atoms with E-state index in [2.05, 4.69) is 41.5 Å². The number of benzene rings is 5. The molecule has 102 heavy (non-hydrogen) atoms. The highest BCUT2D eigenvalue weighted by molar-refractivity contribution is 5.89. The lowest BCUT2D eigenvalue weighted by Crippen LogP contribution is -2.60. The van der Waals surface area contributed by atoms with Crippen LogP contribution in [-0.4, -0.2) is 155 Å². The summed E-state index contributed by atoms with van der Waals surface area (Å²) in [6.45, 7) is 16.9. The minimum atomic E-state index is -1.05. The first-order valence-corrected chi connectivity index (χ1v) is 37.2. The van der Waals surface area contributed by atoms with Crippen molar-refractivity contribution in [2.75, 3.05) is 53.8 Å². The fourth-order valence-electron chi connectivity index (χ4n) is 14.8. The lowest BCUT2D eigenvalue weighted by Gasteiger charge is -2.49. The van der Waals surface area contributed by atoms with Crippen molar-refractivity contribution < 1.29 is 85.9 Å². The van der Waals surface area contributed by atoms with Gasteiger partial charge in [0.25, 0.3) is 0 Å². The predicted octanol–water partition coefficient (Wildman–Crippen LogP) is 14.3. The molecule has 4 aliphatic rings. The number of aliphatic hydroxyl groups is 1. The molecule has 19 heteroatoms. The molecule has 0 aliphatic carbocycles. The smallest absolute Gasteiger partial charge is 0.338 e. The van der Waals surface area contributed by atoms with Crippen molar-refractivity contribution in [1.29, 1.82) is 0 Å². The van der Waals surface area contributed by atoms with E-state index >= 15 is 0 Å². The third-order valence-corrected chi connectivity index (χ3v) is 21.9. The quantitative estimate of drug-likeness (QED) is 0.0169. The number of hydrogen-bond acceptors (Lipinski definition) is 18. The van der Waals surface area contributed by atoms with Gasteiger partial charge in [0.2, 0.25) is 5.91 Å². The highest BCUT2D eigenvalue weighted by Gasteiger charge is 2.52. The normalized spacial score (nSPS) is 27.3. The Labute approximate surface area is 604 Å². The van der Waals surface area contributed by atoms with Crippen molar-refractivity contribution in [3.63, 3.8) is 0 Å². The number of rotatable bonds is 37. The van der Waals surface area contributed by atoms with E-state index in [0.717, 1.165) is 79.6 Å². The van der Waals surface area contributed by atoms with Gasteiger partial charge in [-0.25, -0.2) is 9.59 Å². The number of likely N-dealkylation sites (tertiary alicyclic amines) is 1. The van der Waals surface area contributed by atoms with Crippen molar-refractivity contribution in [2.24, 2.45) is 41.4 Å². The standard InChI is InChI=1S/C83H111NO18/c1-54-56(3)72(51-94-78(89)62-30-20-17-21-31-62)99-80(58(54)5)96-53-74-60(7)76(102-81-59(6)55(2)57(4)73(100-81)52-95-79(90)63-32-22-18-23-33-63)77(98-61(8)85)82(101-74)93-47-29-16-12-11-13-26-36-68(86)37-27-14-15-28-38-75(88)84-49-69(87)48-67(84)50-97-83(64-34-24-19-25-35-64,65-39-43-70(91-9)44-40-65)66-41-45-71(92-10)46-42-66/h17-25,30-35,39-46,54-60,67,69,72-74,76-77,80-82,87H,11-16,26-29,36-38,47-53H2,1-10H3/t54?,55?,56?,57?,58?,59?,60?,67-,69?,72?,73?,74?,76?,77?,80?,81?,82?/m0/s1. The molecule has 5 aromatic rings. The Hall–Kier alpha value is -7.07. The van der Waals surface area contributed by atoms with Crippen LogP contribution < -0.4 is 9.47 Å². The first kappa shape index (κ1) is 79.1. The Morgan fingerprint density at radius 2 is 0.922 bits per heavy atom. The number of methoxy groups -OCH3 is 2. The average molecular weight is 1410 g/mol. The molecule has 4 aliphatic heterocycles. The van der Waals surface area contributed by atoms with E-state index in [1.54, 1.807) is 67.7 Å². The Morgan fingerprint density at radius 3 is 1.44 bits per heavy atom. The number of ketones is 1. The summed E-state index contributed by atoms with van der Waals surface area (Å²) in [4.78, 5) is 67.9. The Bertz CT molecular complexity index is 3310. The zero-order valence-electron chi connectivity index (χ0n) is 61.6. The molecule has 0 radical (unpaired) electrons. The van der Waals surface area contributed by atoms with Gasteiger partial charge in [-0.2, -0.15) is 0 Å². The van der Waals surface area contributed by atoms with Gasteiger partial charge in [-0.05, 0) is 121 Å². The summed E-state index contributed by atoms with van der Waals surface area (Å²) in [5.41, 5.74) is 2.55. The Kier molecular flexibility index (Phi) is 30.3. The van der Waals surface area contributed by atoms with Gasteiger partial charge in [0.15, 0.2) is 25.0 Å². The highest BCUT2D eigenvalue weighted by Crippen LogP contribution is 2.44. The molecule has 4 fully saturated rings. The number of hydrogen-bond donors (Lipinski definition) is 1. The van der Waals surface area contributed by atoms with Crippen LogP contribution in [0, 0.1) is 41.4 Å². The maximum absolute atomic E-state index is 13.9. The van der Waals surface area contributed by atoms with Gasteiger partial charge in [-0.15, -0.1) is 0 Å². The molecule has 0 spiro atoms. The summed E-state index contributed by atoms with van der Waals surface area (Å²) in [6.07, 6.45) is 3.77. The van der Waals surface area contributed by atoms with Gasteiger partial charge in [0.05, 0.1) is 69.0 Å². The first-order chi connectivity index (χ1) is 49.3. The zero-order valence-corrected chi connectivity index (χ0v) is 61.6. The van der Waals surface area contributed by atoms with Crippen LogP contribution in [0.1, 0.15) is 183 Å². The van der Waals surface area contributed by atoms with Crippen LogP contribution in [0.25, 0.3) is 0 Å². The van der Waals surface area contributed by atoms with E-state index in [1.165, 1.54) is 6.92 Å². The van der Waals surface area contributed by atoms with Crippen molar-refractivity contribution in [3.05, 3.63) is 167 Å². The Balaban J connectivity index is 0.727. The highest BCUT2D eigenvalue weighted by atomic mass is 16.7. The summed E-state index contributed by atoms with van der Waals surface area (Å²) in [5, 5.41) is 11.0. The summed E-state index contributed by atoms with van der Waals surface area (Å²) in [7, 11) is 3.27. The monoisotopic (exact) mass is 1410 g/mol. The first-order valence-electron chi connectivity index (χ1n) is 37.2. The van der Waals surface area contributed by atoms with E-state index < -0.39 is 84.9 Å². The molecule has 5 aromatic carbocycles. The molecule has 17 atom stereocenters. The van der Waals surface area contributed by atoms with Crippen LogP contribution in [0.3, 0.4) is 0 Å². The van der Waals surface area contributed by atoms with E-state index in [9.17, 15) is 29.1 Å². The van der Waals surface area contributed by atoms with Gasteiger partial charge in [-0.3, -0.25) is 14.4 Å². The molecule has 4 saturated heterocycles. The molecule has 19 nitrogen and oxygen atoms in total. The maximum atomic E-state index is 13.9. The molecule has 4 heterocycles. The van der Waals surface area contributed by atoms with Crippen LogP contribution in [-0.2, 0) is 67.4 Å². The molecular weight excluding hydrogens is 1300 g/mol. The number of amides is 1. The molecule has 0 bridgehead atoms. The summed E-state index contributed by atoms with van der Waals surface area (Å²) in [6, 6.07) is 43.1. The van der Waals surface area contributed by atoms with Crippen molar-refractivity contribution in [1.82, 2.24) is 4.90 Å². The fraction of sp³-hybridized carbons (Fsp3) is 0.578. The maximum Gasteiger partial charge on any atom is 0.338 e. The van der Waals surface area contributed by atoms with Crippen molar-refractivity contribution in [2.45, 2.75) is 212 Å². The molecular formula is C83H111NO18. The second kappa shape index (κ2) is 39.2. The topological polar surface area (TPSA) is 220 Å². The number of Topliss-reactive ketones (excluding diaryl/α,β-unsaturated/α-hetero) is 1. The third-order valence-electron chi connectivity index (χ3n) is 21.9. The molecule has 1 N–H and O–H groups in total. The summed E-state index contributed by atoms with van der Waals surface area (Å²) >= 11 is 0. The summed E-state index contributed by atoms with van der Waals surface area (Å²) < 4.78 is 76.3. The molecule has 556 valence electrons. The van der Waals surface area contributed by atoms with Crippen LogP contribution in [0.15, 0.2) is 140 Å². The number of carbonyl (C=O) groups excluding carboxylic acids is 5. The molecule has 16 unspecified atom stereocenters. The number of aliphatic hydroxyl groups excluding tert-OH is 1. The number of β-amino-alcohol motifs (C(OH)–C–C–N with tert-alkyl or cyclic N) is 1. The van der Waals surface area contributed by atoms with E-state index in [1.807, 2.05) is 97.9 Å². The lowest BCUT2D eigenvalue weighted by molar-refractivity contribution is -0.345. The zero-order chi connectivity index (χ0) is 72.7. The van der Waals surface area contributed by atoms with Crippen LogP contribution in [0.4, 0.5) is 0 Å². The van der Waals surface area contributed by atoms with Crippen LogP contribution in [0.2, 0.25) is 0 Å². The number of ether oxygens (including phenoxy) is 12. The van der Waals surface area contributed by atoms with Gasteiger partial charge < -0.3 is 66.8 Å². The minimum absolute atomic E-state index is 0.0102. The molecule has 9 rings (SSSR count). The largest absolute Gasteiger partial charge is 0.497 e. The van der Waals surface area contributed by atoms with E-state index in [0.29, 0.717) is 56.3 Å². The minimum Gasteiger partial charge on any atom is -0.497 e. The number of unbranched alkanes of at least 4 members (excludes halogenated alkanes) is 8. The summed E-state index contributed by atoms with van der Waals surface area (Å²) in [5.74, 6) is 0.0671.